The highest BCUT2D eigenvalue weighted by Crippen LogP contribution is 2.28. The molecule has 1 saturated heterocycles. The lowest BCUT2D eigenvalue weighted by Crippen LogP contribution is -2.40. The molecule has 1 atom stereocenters. The zero-order valence-electron chi connectivity index (χ0n) is 18.4. The highest BCUT2D eigenvalue weighted by molar-refractivity contribution is 5.94. The molecule has 1 fully saturated rings. The highest BCUT2D eigenvalue weighted by atomic mass is 16.5. The van der Waals surface area contributed by atoms with Crippen molar-refractivity contribution in [2.45, 2.75) is 39.5 Å². The summed E-state index contributed by atoms with van der Waals surface area (Å²) < 4.78 is 5.35. The van der Waals surface area contributed by atoms with Gasteiger partial charge in [0.05, 0.1) is 42.0 Å². The minimum Gasteiger partial charge on any atom is -0.495 e. The second kappa shape index (κ2) is 9.29. The van der Waals surface area contributed by atoms with Crippen LogP contribution in [0.2, 0.25) is 0 Å². The molecule has 4 rings (SSSR count). The number of carbonyl (C=O) groups is 1. The molecule has 162 valence electrons. The molecule has 31 heavy (non-hydrogen) atoms. The Morgan fingerprint density at radius 2 is 1.97 bits per heavy atom. The van der Waals surface area contributed by atoms with Crippen molar-refractivity contribution in [1.29, 1.82) is 0 Å². The predicted molar refractivity (Wildman–Crippen MR) is 123 cm³/mol. The third kappa shape index (κ3) is 4.45. The Bertz CT molecular complexity index is 1080. The Morgan fingerprint density at radius 1 is 1.19 bits per heavy atom. The van der Waals surface area contributed by atoms with Crippen LogP contribution < -0.4 is 15.0 Å². The summed E-state index contributed by atoms with van der Waals surface area (Å²) in [6.07, 6.45) is 5.36. The van der Waals surface area contributed by atoms with Crippen LogP contribution in [0.1, 0.15) is 38.1 Å². The van der Waals surface area contributed by atoms with Crippen LogP contribution in [0.15, 0.2) is 36.5 Å². The van der Waals surface area contributed by atoms with Crippen LogP contribution in [0.4, 0.5) is 11.4 Å². The standard InChI is InChI=1S/C24H29N5O2/c1-4-18-19(5-2)27-23-21(26-18)13-17(14-25-23)29-12-8-9-16(15-29)24(30)28-20-10-6-7-11-22(20)31-3/h6-7,10-11,13-14,16H,4-5,8-9,12,15H2,1-3H3,(H,28,30)/t16-/m0/s1. The molecule has 7 nitrogen and oxygen atoms in total. The maximum Gasteiger partial charge on any atom is 0.229 e. The molecule has 0 bridgehead atoms. The Labute approximate surface area is 182 Å². The van der Waals surface area contributed by atoms with Gasteiger partial charge in [0.2, 0.25) is 5.91 Å². The summed E-state index contributed by atoms with van der Waals surface area (Å²) in [6, 6.07) is 9.54. The number of piperidine rings is 1. The SMILES string of the molecule is CCc1nc2cc(N3CCC[C@H](C(=O)Nc4ccccc4OC)C3)cnc2nc1CC. The maximum atomic E-state index is 12.9. The van der Waals surface area contributed by atoms with E-state index < -0.39 is 0 Å². The average molecular weight is 420 g/mol. The number of aryl methyl sites for hydroxylation is 2. The summed E-state index contributed by atoms with van der Waals surface area (Å²) in [5.41, 5.74) is 5.23. The Balaban J connectivity index is 1.52. The number of hydrogen-bond donors (Lipinski definition) is 1. The molecule has 1 aromatic carbocycles. The summed E-state index contributed by atoms with van der Waals surface area (Å²) in [4.78, 5) is 29.2. The molecule has 0 unspecified atom stereocenters. The topological polar surface area (TPSA) is 80.2 Å². The monoisotopic (exact) mass is 419 g/mol. The number of nitrogens with zero attached hydrogens (tertiary/aromatic N) is 4. The fourth-order valence-electron chi connectivity index (χ4n) is 4.15. The van der Waals surface area contributed by atoms with Gasteiger partial charge in [-0.3, -0.25) is 4.79 Å². The van der Waals surface area contributed by atoms with Gasteiger partial charge in [-0.2, -0.15) is 0 Å². The molecule has 0 aliphatic carbocycles. The zero-order valence-corrected chi connectivity index (χ0v) is 18.4. The van der Waals surface area contributed by atoms with Gasteiger partial charge in [-0.15, -0.1) is 0 Å². The van der Waals surface area contributed by atoms with E-state index in [0.717, 1.165) is 54.8 Å². The molecule has 1 aliphatic rings. The van der Waals surface area contributed by atoms with Crippen LogP contribution in [0, 0.1) is 5.92 Å². The van der Waals surface area contributed by atoms with E-state index in [9.17, 15) is 4.79 Å². The molecule has 1 N–H and O–H groups in total. The molecule has 2 aromatic heterocycles. The first-order valence-electron chi connectivity index (χ1n) is 11.0. The number of ether oxygens (including phenoxy) is 1. The van der Waals surface area contributed by atoms with Crippen LogP contribution in [-0.2, 0) is 17.6 Å². The number of aromatic nitrogens is 3. The molecule has 0 radical (unpaired) electrons. The normalized spacial score (nSPS) is 16.4. The molecule has 0 saturated carbocycles. The number of rotatable bonds is 6. The van der Waals surface area contributed by atoms with E-state index in [2.05, 4.69) is 40.1 Å². The van der Waals surface area contributed by atoms with Crippen molar-refractivity contribution >= 4 is 28.4 Å². The van der Waals surface area contributed by atoms with E-state index in [1.165, 1.54) is 0 Å². The highest BCUT2D eigenvalue weighted by Gasteiger charge is 2.27. The van der Waals surface area contributed by atoms with Crippen LogP contribution in [0.25, 0.3) is 11.2 Å². The van der Waals surface area contributed by atoms with Crippen molar-refractivity contribution in [3.63, 3.8) is 0 Å². The molecule has 3 aromatic rings. The summed E-state index contributed by atoms with van der Waals surface area (Å²) in [5, 5.41) is 3.03. The Kier molecular flexibility index (Phi) is 6.30. The van der Waals surface area contributed by atoms with E-state index in [-0.39, 0.29) is 11.8 Å². The van der Waals surface area contributed by atoms with E-state index >= 15 is 0 Å². The van der Waals surface area contributed by atoms with Gasteiger partial charge in [-0.05, 0) is 43.9 Å². The van der Waals surface area contributed by atoms with Gasteiger partial charge < -0.3 is 15.0 Å². The second-order valence-corrected chi connectivity index (χ2v) is 7.84. The maximum absolute atomic E-state index is 12.9. The van der Waals surface area contributed by atoms with E-state index in [0.29, 0.717) is 23.6 Å². The predicted octanol–water partition coefficient (Wildman–Crippen LogP) is 4.01. The lowest BCUT2D eigenvalue weighted by molar-refractivity contribution is -0.120. The molecule has 3 heterocycles. The average Bonchev–Trinajstić information content (AvgIpc) is 2.83. The third-order valence-corrected chi connectivity index (χ3v) is 5.85. The summed E-state index contributed by atoms with van der Waals surface area (Å²) in [5.74, 6) is 0.580. The lowest BCUT2D eigenvalue weighted by atomic mass is 9.96. The third-order valence-electron chi connectivity index (χ3n) is 5.85. The number of anilines is 2. The smallest absolute Gasteiger partial charge is 0.229 e. The second-order valence-electron chi connectivity index (χ2n) is 7.84. The van der Waals surface area contributed by atoms with Gasteiger partial charge >= 0.3 is 0 Å². The van der Waals surface area contributed by atoms with Crippen LogP contribution in [0.3, 0.4) is 0 Å². The summed E-state index contributed by atoms with van der Waals surface area (Å²) >= 11 is 0. The quantitative estimate of drug-likeness (QED) is 0.650. The Morgan fingerprint density at radius 3 is 2.74 bits per heavy atom. The number of nitrogens with one attached hydrogen (secondary N) is 1. The first-order chi connectivity index (χ1) is 15.1. The van der Waals surface area contributed by atoms with Gasteiger partial charge in [0.25, 0.3) is 0 Å². The summed E-state index contributed by atoms with van der Waals surface area (Å²) in [6.45, 7) is 5.73. The lowest BCUT2D eigenvalue weighted by Gasteiger charge is -2.33. The van der Waals surface area contributed by atoms with Gasteiger partial charge in [-0.25, -0.2) is 15.0 Å². The summed E-state index contributed by atoms with van der Waals surface area (Å²) in [7, 11) is 1.61. The number of hydrogen-bond acceptors (Lipinski definition) is 6. The first-order valence-corrected chi connectivity index (χ1v) is 11.0. The molecule has 0 spiro atoms. The van der Waals surface area contributed by atoms with Crippen molar-refractivity contribution in [2.24, 2.45) is 5.92 Å². The van der Waals surface area contributed by atoms with Crippen molar-refractivity contribution in [1.82, 2.24) is 15.0 Å². The van der Waals surface area contributed by atoms with Gasteiger partial charge in [0.15, 0.2) is 5.65 Å². The number of methoxy groups -OCH3 is 1. The first kappa shape index (κ1) is 21.0. The van der Waals surface area contributed by atoms with Crippen LogP contribution in [-0.4, -0.2) is 41.1 Å². The Hall–Kier alpha value is -3.22. The van der Waals surface area contributed by atoms with Crippen molar-refractivity contribution in [3.05, 3.63) is 47.9 Å². The molecular weight excluding hydrogens is 390 g/mol. The van der Waals surface area contributed by atoms with E-state index in [1.54, 1.807) is 7.11 Å². The van der Waals surface area contributed by atoms with Gasteiger partial charge in [-0.1, -0.05) is 26.0 Å². The van der Waals surface area contributed by atoms with E-state index in [4.69, 9.17) is 9.72 Å². The molecule has 1 amide bonds. The minimum atomic E-state index is -0.103. The van der Waals surface area contributed by atoms with Crippen LogP contribution >= 0.6 is 0 Å². The zero-order chi connectivity index (χ0) is 21.8. The number of carbonyl (C=O) groups excluding carboxylic acids is 1. The van der Waals surface area contributed by atoms with Gasteiger partial charge in [0.1, 0.15) is 11.3 Å². The largest absolute Gasteiger partial charge is 0.495 e. The number of benzene rings is 1. The van der Waals surface area contributed by atoms with Crippen LogP contribution in [0.5, 0.6) is 5.75 Å². The minimum absolute atomic E-state index is 0.0172. The molecule has 1 aliphatic heterocycles. The van der Waals surface area contributed by atoms with Crippen molar-refractivity contribution in [2.75, 3.05) is 30.4 Å². The number of amides is 1. The fraction of sp³-hybridized carbons (Fsp3) is 0.417. The molecular formula is C24H29N5O2. The number of para-hydroxylation sites is 2. The molecule has 7 heteroatoms. The van der Waals surface area contributed by atoms with Gasteiger partial charge in [0, 0.05) is 13.1 Å². The number of fused-ring (bicyclic) bond motifs is 1. The van der Waals surface area contributed by atoms with Crippen molar-refractivity contribution < 1.29 is 9.53 Å². The number of pyridine rings is 1. The van der Waals surface area contributed by atoms with E-state index in [1.807, 2.05) is 30.5 Å². The van der Waals surface area contributed by atoms with Crippen molar-refractivity contribution in [3.8, 4) is 5.75 Å². The fourth-order valence-corrected chi connectivity index (χ4v) is 4.15.